The average Bonchev–Trinajstić information content (AvgIpc) is 2.31. The number of benzene rings is 1. The molecule has 0 spiro atoms. The van der Waals surface area contributed by atoms with Gasteiger partial charge in [-0.3, -0.25) is 4.79 Å². The van der Waals surface area contributed by atoms with E-state index in [1.165, 1.54) is 20.3 Å². The molecule has 0 saturated carbocycles. The summed E-state index contributed by atoms with van der Waals surface area (Å²) < 4.78 is 10.2. The van der Waals surface area contributed by atoms with Gasteiger partial charge in [-0.25, -0.2) is 0 Å². The smallest absolute Gasteiger partial charge is 0.248 e. The molecule has 0 saturated heterocycles. The van der Waals surface area contributed by atoms with Crippen molar-refractivity contribution in [2.24, 2.45) is 0 Å². The number of allylic oxidation sites excluding steroid dienone is 1. The van der Waals surface area contributed by atoms with Crippen molar-refractivity contribution in [3.8, 4) is 11.5 Å². The van der Waals surface area contributed by atoms with Gasteiger partial charge in [0.2, 0.25) is 5.91 Å². The molecule has 4 nitrogen and oxygen atoms in total. The summed E-state index contributed by atoms with van der Waals surface area (Å²) in [6, 6.07) is 3.20. The van der Waals surface area contributed by atoms with Gasteiger partial charge in [-0.2, -0.15) is 0 Å². The molecule has 1 aromatic rings. The first-order valence-electron chi connectivity index (χ1n) is 4.97. The number of carbonyl (C=O) groups is 1. The van der Waals surface area contributed by atoms with Gasteiger partial charge in [-0.05, 0) is 13.0 Å². The lowest BCUT2D eigenvalue weighted by Gasteiger charge is -2.12. The van der Waals surface area contributed by atoms with Gasteiger partial charge in [0.05, 0.1) is 24.9 Å². The van der Waals surface area contributed by atoms with E-state index in [1.54, 1.807) is 25.1 Å². The Balaban J connectivity index is 3.08. The number of hydrogen-bond donors (Lipinski definition) is 1. The maximum Gasteiger partial charge on any atom is 0.248 e. The van der Waals surface area contributed by atoms with Crippen LogP contribution in [0.1, 0.15) is 6.92 Å². The molecule has 17 heavy (non-hydrogen) atoms. The molecule has 0 aliphatic rings. The molecule has 0 radical (unpaired) electrons. The fourth-order valence-electron chi connectivity index (χ4n) is 1.28. The molecule has 0 atom stereocenters. The highest BCUT2D eigenvalue weighted by molar-refractivity contribution is 6.32. The fourth-order valence-corrected chi connectivity index (χ4v) is 1.51. The third-order valence-corrected chi connectivity index (χ3v) is 2.35. The van der Waals surface area contributed by atoms with Crippen LogP contribution in [0.4, 0.5) is 5.69 Å². The predicted octanol–water partition coefficient (Wildman–Crippen LogP) is 2.87. The van der Waals surface area contributed by atoms with Gasteiger partial charge in [0.1, 0.15) is 11.5 Å². The Bertz CT molecular complexity index is 444. The minimum absolute atomic E-state index is 0.241. The first-order valence-corrected chi connectivity index (χ1v) is 5.35. The van der Waals surface area contributed by atoms with Gasteiger partial charge >= 0.3 is 0 Å². The summed E-state index contributed by atoms with van der Waals surface area (Å²) in [6.07, 6.45) is 3.06. The van der Waals surface area contributed by atoms with Crippen molar-refractivity contribution in [2.45, 2.75) is 6.92 Å². The lowest BCUT2D eigenvalue weighted by Crippen LogP contribution is -2.09. The molecule has 1 amide bonds. The van der Waals surface area contributed by atoms with Crippen LogP contribution in [0.25, 0.3) is 0 Å². The Kier molecular flexibility index (Phi) is 4.84. The molecule has 5 heteroatoms. The molecule has 0 bridgehead atoms. The van der Waals surface area contributed by atoms with Gasteiger partial charge in [0.15, 0.2) is 0 Å². The standard InChI is InChI=1S/C12H14ClNO3/c1-4-5-12(15)14-9-7-10(16-2)8(13)6-11(9)17-3/h4-7H,1-3H3,(H,14,15)/b5-4-. The van der Waals surface area contributed by atoms with E-state index in [1.807, 2.05) is 0 Å². The Labute approximate surface area is 105 Å². The van der Waals surface area contributed by atoms with Gasteiger partial charge in [0.25, 0.3) is 0 Å². The van der Waals surface area contributed by atoms with Gasteiger partial charge in [-0.15, -0.1) is 0 Å². The molecule has 1 aromatic carbocycles. The number of hydrogen-bond acceptors (Lipinski definition) is 3. The zero-order valence-electron chi connectivity index (χ0n) is 9.91. The van der Waals surface area contributed by atoms with Crippen molar-refractivity contribution in [3.63, 3.8) is 0 Å². The monoisotopic (exact) mass is 255 g/mol. The topological polar surface area (TPSA) is 47.6 Å². The Hall–Kier alpha value is -1.68. The average molecular weight is 256 g/mol. The van der Waals surface area contributed by atoms with Crippen LogP contribution >= 0.6 is 11.6 Å². The lowest BCUT2D eigenvalue weighted by molar-refractivity contribution is -0.111. The summed E-state index contributed by atoms with van der Waals surface area (Å²) in [7, 11) is 3.01. The first-order chi connectivity index (χ1) is 8.12. The Morgan fingerprint density at radius 3 is 2.47 bits per heavy atom. The van der Waals surface area contributed by atoms with E-state index in [9.17, 15) is 4.79 Å². The zero-order chi connectivity index (χ0) is 12.8. The van der Waals surface area contributed by atoms with Crippen LogP contribution in [0.5, 0.6) is 11.5 Å². The van der Waals surface area contributed by atoms with E-state index in [-0.39, 0.29) is 5.91 Å². The molecule has 0 aliphatic heterocycles. The molecular formula is C12H14ClNO3. The summed E-state index contributed by atoms with van der Waals surface area (Å²) in [6.45, 7) is 1.76. The second-order valence-electron chi connectivity index (χ2n) is 3.18. The van der Waals surface area contributed by atoms with E-state index in [2.05, 4.69) is 5.32 Å². The third-order valence-electron chi connectivity index (χ3n) is 2.05. The molecule has 0 heterocycles. The normalized spacial score (nSPS) is 10.4. The molecule has 0 aliphatic carbocycles. The number of amides is 1. The van der Waals surface area contributed by atoms with Crippen LogP contribution in [0.15, 0.2) is 24.3 Å². The van der Waals surface area contributed by atoms with Gasteiger partial charge < -0.3 is 14.8 Å². The van der Waals surface area contributed by atoms with E-state index >= 15 is 0 Å². The predicted molar refractivity (Wildman–Crippen MR) is 68.0 cm³/mol. The number of halogens is 1. The van der Waals surface area contributed by atoms with E-state index < -0.39 is 0 Å². The lowest BCUT2D eigenvalue weighted by atomic mass is 10.2. The minimum atomic E-state index is -0.241. The maximum absolute atomic E-state index is 11.4. The minimum Gasteiger partial charge on any atom is -0.495 e. The number of methoxy groups -OCH3 is 2. The fraction of sp³-hybridized carbons (Fsp3) is 0.250. The number of carbonyl (C=O) groups excluding carboxylic acids is 1. The number of ether oxygens (including phenoxy) is 2. The number of nitrogens with one attached hydrogen (secondary N) is 1. The second kappa shape index (κ2) is 6.15. The van der Waals surface area contributed by atoms with E-state index in [0.717, 1.165) is 0 Å². The van der Waals surface area contributed by atoms with Crippen LogP contribution in [0.3, 0.4) is 0 Å². The van der Waals surface area contributed by atoms with Crippen LogP contribution in [0, 0.1) is 0 Å². The SMILES string of the molecule is C/C=C\C(=O)Nc1cc(OC)c(Cl)cc1OC. The molecular weight excluding hydrogens is 242 g/mol. The third kappa shape index (κ3) is 3.39. The summed E-state index contributed by atoms with van der Waals surface area (Å²) in [5.41, 5.74) is 0.511. The highest BCUT2D eigenvalue weighted by Gasteiger charge is 2.11. The van der Waals surface area contributed by atoms with Crippen molar-refractivity contribution in [3.05, 3.63) is 29.3 Å². The van der Waals surface area contributed by atoms with Crippen LogP contribution in [0.2, 0.25) is 5.02 Å². The van der Waals surface area contributed by atoms with Crippen LogP contribution in [-0.2, 0) is 4.79 Å². The van der Waals surface area contributed by atoms with Crippen LogP contribution < -0.4 is 14.8 Å². The van der Waals surface area contributed by atoms with Crippen molar-refractivity contribution < 1.29 is 14.3 Å². The zero-order valence-corrected chi connectivity index (χ0v) is 10.7. The quantitative estimate of drug-likeness (QED) is 0.842. The summed E-state index contributed by atoms with van der Waals surface area (Å²) in [4.78, 5) is 11.4. The van der Waals surface area contributed by atoms with Gasteiger partial charge in [0, 0.05) is 12.1 Å². The molecule has 0 fully saturated rings. The Morgan fingerprint density at radius 1 is 1.29 bits per heavy atom. The van der Waals surface area contributed by atoms with E-state index in [4.69, 9.17) is 21.1 Å². The molecule has 1 N–H and O–H groups in total. The second-order valence-corrected chi connectivity index (χ2v) is 3.58. The largest absolute Gasteiger partial charge is 0.495 e. The summed E-state index contributed by atoms with van der Waals surface area (Å²) >= 11 is 5.95. The highest BCUT2D eigenvalue weighted by Crippen LogP contribution is 2.35. The molecule has 0 unspecified atom stereocenters. The van der Waals surface area contributed by atoms with Crippen molar-refractivity contribution in [2.75, 3.05) is 19.5 Å². The van der Waals surface area contributed by atoms with Crippen molar-refractivity contribution in [1.82, 2.24) is 0 Å². The Morgan fingerprint density at radius 2 is 1.94 bits per heavy atom. The number of anilines is 1. The highest BCUT2D eigenvalue weighted by atomic mass is 35.5. The molecule has 0 aromatic heterocycles. The first kappa shape index (κ1) is 13.4. The number of rotatable bonds is 4. The van der Waals surface area contributed by atoms with E-state index in [0.29, 0.717) is 22.2 Å². The summed E-state index contributed by atoms with van der Waals surface area (Å²) in [5.74, 6) is 0.715. The van der Waals surface area contributed by atoms with Crippen molar-refractivity contribution >= 4 is 23.2 Å². The molecule has 92 valence electrons. The van der Waals surface area contributed by atoms with Crippen molar-refractivity contribution in [1.29, 1.82) is 0 Å². The van der Waals surface area contributed by atoms with Gasteiger partial charge in [-0.1, -0.05) is 17.7 Å². The summed E-state index contributed by atoms with van der Waals surface area (Å²) in [5, 5.41) is 3.10. The molecule has 1 rings (SSSR count). The maximum atomic E-state index is 11.4. The van der Waals surface area contributed by atoms with Crippen LogP contribution in [-0.4, -0.2) is 20.1 Å².